The fraction of sp³-hybridized carbons (Fsp3) is 0.700. The normalized spacial score (nSPS) is 12.4. The van der Waals surface area contributed by atoms with Crippen LogP contribution < -0.4 is 11.1 Å². The molecule has 0 aliphatic rings. The number of rotatable bonds is 7. The molecule has 0 saturated carbocycles. The van der Waals surface area contributed by atoms with Crippen molar-refractivity contribution >= 4 is 5.91 Å². The molecule has 0 spiro atoms. The Hall–Kier alpha value is -1.47. The number of nitrogens with two attached hydrogens (primary N) is 1. The van der Waals surface area contributed by atoms with Crippen LogP contribution in [-0.4, -0.2) is 38.7 Å². The standard InChI is InChI=1S/C10H19N5O2/c1-2-3-9(16)5-12-10(17)7-15-6-8(4-11)13-14-15/h6,9,16H,2-5,7,11H2,1H3,(H,12,17). The summed E-state index contributed by atoms with van der Waals surface area (Å²) in [5.41, 5.74) is 6.02. The molecule has 0 radical (unpaired) electrons. The highest BCUT2D eigenvalue weighted by molar-refractivity contribution is 5.75. The van der Waals surface area contributed by atoms with Crippen molar-refractivity contribution < 1.29 is 9.90 Å². The Labute approximate surface area is 100.0 Å². The highest BCUT2D eigenvalue weighted by Gasteiger charge is 2.07. The van der Waals surface area contributed by atoms with Gasteiger partial charge in [0.1, 0.15) is 6.54 Å². The maximum Gasteiger partial charge on any atom is 0.241 e. The summed E-state index contributed by atoms with van der Waals surface area (Å²) in [5, 5.41) is 19.6. The molecule has 0 aliphatic carbocycles. The first-order chi connectivity index (χ1) is 8.15. The van der Waals surface area contributed by atoms with Crippen LogP contribution in [0.5, 0.6) is 0 Å². The van der Waals surface area contributed by atoms with Crippen LogP contribution in [0.25, 0.3) is 0 Å². The zero-order valence-electron chi connectivity index (χ0n) is 9.96. The molecule has 7 heteroatoms. The molecule has 1 rings (SSSR count). The monoisotopic (exact) mass is 241 g/mol. The van der Waals surface area contributed by atoms with Gasteiger partial charge in [-0.25, -0.2) is 4.68 Å². The molecule has 17 heavy (non-hydrogen) atoms. The molecule has 1 aromatic rings. The second-order valence-electron chi connectivity index (χ2n) is 3.86. The summed E-state index contributed by atoms with van der Waals surface area (Å²) in [6, 6.07) is 0. The Morgan fingerprint density at radius 1 is 1.71 bits per heavy atom. The van der Waals surface area contributed by atoms with Crippen LogP contribution in [0.15, 0.2) is 6.20 Å². The lowest BCUT2D eigenvalue weighted by atomic mass is 10.2. The molecule has 0 bridgehead atoms. The van der Waals surface area contributed by atoms with Crippen LogP contribution in [0.3, 0.4) is 0 Å². The second-order valence-corrected chi connectivity index (χ2v) is 3.86. The van der Waals surface area contributed by atoms with Crippen molar-refractivity contribution in [2.75, 3.05) is 6.54 Å². The number of hydrogen-bond acceptors (Lipinski definition) is 5. The van der Waals surface area contributed by atoms with Gasteiger partial charge in [-0.3, -0.25) is 4.79 Å². The molecule has 1 atom stereocenters. The first-order valence-corrected chi connectivity index (χ1v) is 5.69. The minimum Gasteiger partial charge on any atom is -0.391 e. The van der Waals surface area contributed by atoms with Gasteiger partial charge in [-0.05, 0) is 6.42 Å². The summed E-state index contributed by atoms with van der Waals surface area (Å²) in [5.74, 6) is -0.200. The summed E-state index contributed by atoms with van der Waals surface area (Å²) < 4.78 is 1.42. The average molecular weight is 241 g/mol. The van der Waals surface area contributed by atoms with E-state index in [1.807, 2.05) is 6.92 Å². The molecular formula is C10H19N5O2. The Kier molecular flexibility index (Phi) is 5.58. The quantitative estimate of drug-likeness (QED) is 0.568. The lowest BCUT2D eigenvalue weighted by Gasteiger charge is -2.10. The van der Waals surface area contributed by atoms with E-state index in [0.717, 1.165) is 6.42 Å². The van der Waals surface area contributed by atoms with Crippen molar-refractivity contribution in [1.82, 2.24) is 20.3 Å². The van der Waals surface area contributed by atoms with Gasteiger partial charge in [0, 0.05) is 13.1 Å². The molecule has 4 N–H and O–H groups in total. The molecular weight excluding hydrogens is 222 g/mol. The van der Waals surface area contributed by atoms with E-state index in [1.54, 1.807) is 6.20 Å². The number of nitrogens with zero attached hydrogens (tertiary/aromatic N) is 3. The maximum atomic E-state index is 11.5. The fourth-order valence-electron chi connectivity index (χ4n) is 1.38. The summed E-state index contributed by atoms with van der Waals surface area (Å²) in [6.07, 6.45) is 2.71. The van der Waals surface area contributed by atoms with Crippen molar-refractivity contribution in [3.63, 3.8) is 0 Å². The molecule has 1 unspecified atom stereocenters. The third-order valence-electron chi connectivity index (χ3n) is 2.26. The smallest absolute Gasteiger partial charge is 0.241 e. The molecule has 0 aliphatic heterocycles. The third kappa shape index (κ3) is 4.92. The van der Waals surface area contributed by atoms with Crippen LogP contribution in [-0.2, 0) is 17.9 Å². The van der Waals surface area contributed by atoms with Crippen LogP contribution in [0.1, 0.15) is 25.5 Å². The van der Waals surface area contributed by atoms with Crippen molar-refractivity contribution in [1.29, 1.82) is 0 Å². The van der Waals surface area contributed by atoms with Crippen molar-refractivity contribution in [2.24, 2.45) is 5.73 Å². The van der Waals surface area contributed by atoms with E-state index in [0.29, 0.717) is 18.7 Å². The predicted molar refractivity (Wildman–Crippen MR) is 61.8 cm³/mol. The largest absolute Gasteiger partial charge is 0.391 e. The van der Waals surface area contributed by atoms with Gasteiger partial charge in [0.2, 0.25) is 5.91 Å². The zero-order chi connectivity index (χ0) is 12.7. The Morgan fingerprint density at radius 3 is 3.06 bits per heavy atom. The summed E-state index contributed by atoms with van der Waals surface area (Å²) in [6.45, 7) is 2.64. The van der Waals surface area contributed by atoms with Crippen molar-refractivity contribution in [3.8, 4) is 0 Å². The molecule has 1 amide bonds. The Bertz CT molecular complexity index is 352. The van der Waals surface area contributed by atoms with Crippen molar-refractivity contribution in [3.05, 3.63) is 11.9 Å². The highest BCUT2D eigenvalue weighted by Crippen LogP contribution is 1.94. The Morgan fingerprint density at radius 2 is 2.47 bits per heavy atom. The van der Waals surface area contributed by atoms with Crippen molar-refractivity contribution in [2.45, 2.75) is 39.0 Å². The number of hydrogen-bond donors (Lipinski definition) is 3. The predicted octanol–water partition coefficient (Wildman–Crippen LogP) is -0.986. The van der Waals surface area contributed by atoms with Crippen LogP contribution in [0, 0.1) is 0 Å². The maximum absolute atomic E-state index is 11.5. The molecule has 96 valence electrons. The fourth-order valence-corrected chi connectivity index (χ4v) is 1.38. The van der Waals surface area contributed by atoms with Gasteiger partial charge in [-0.15, -0.1) is 5.10 Å². The lowest BCUT2D eigenvalue weighted by Crippen LogP contribution is -2.34. The van der Waals surface area contributed by atoms with Gasteiger partial charge in [0.25, 0.3) is 0 Å². The van der Waals surface area contributed by atoms with Gasteiger partial charge >= 0.3 is 0 Å². The first kappa shape index (κ1) is 13.6. The zero-order valence-corrected chi connectivity index (χ0v) is 9.96. The van der Waals surface area contributed by atoms with Crippen LogP contribution in [0.2, 0.25) is 0 Å². The molecule has 1 aromatic heterocycles. The van der Waals surface area contributed by atoms with Gasteiger partial charge < -0.3 is 16.2 Å². The van der Waals surface area contributed by atoms with E-state index >= 15 is 0 Å². The number of aliphatic hydroxyl groups is 1. The number of nitrogens with one attached hydrogen (secondary N) is 1. The van der Waals surface area contributed by atoms with Gasteiger partial charge in [0.15, 0.2) is 0 Å². The SMILES string of the molecule is CCCC(O)CNC(=O)Cn1cc(CN)nn1. The molecule has 0 aromatic carbocycles. The molecule has 1 heterocycles. The summed E-state index contributed by atoms with van der Waals surface area (Å²) in [4.78, 5) is 11.5. The van der Waals surface area contributed by atoms with E-state index < -0.39 is 6.10 Å². The average Bonchev–Trinajstić information content (AvgIpc) is 2.74. The molecule has 7 nitrogen and oxygen atoms in total. The second kappa shape index (κ2) is 6.97. The van der Waals surface area contributed by atoms with E-state index in [1.165, 1.54) is 4.68 Å². The van der Waals surface area contributed by atoms with Crippen LogP contribution >= 0.6 is 0 Å². The highest BCUT2D eigenvalue weighted by atomic mass is 16.3. The topological polar surface area (TPSA) is 106 Å². The molecule has 0 fully saturated rings. The van der Waals surface area contributed by atoms with Gasteiger partial charge in [-0.1, -0.05) is 18.6 Å². The number of amides is 1. The summed E-state index contributed by atoms with van der Waals surface area (Å²) in [7, 11) is 0. The number of carbonyl (C=O) groups excluding carboxylic acids is 1. The number of aliphatic hydroxyl groups excluding tert-OH is 1. The minimum absolute atomic E-state index is 0.0891. The van der Waals surface area contributed by atoms with Gasteiger partial charge in [-0.2, -0.15) is 0 Å². The minimum atomic E-state index is -0.487. The summed E-state index contributed by atoms with van der Waals surface area (Å²) >= 11 is 0. The number of carbonyl (C=O) groups is 1. The van der Waals surface area contributed by atoms with E-state index in [4.69, 9.17) is 5.73 Å². The van der Waals surface area contributed by atoms with E-state index in [-0.39, 0.29) is 19.0 Å². The van der Waals surface area contributed by atoms with Gasteiger partial charge in [0.05, 0.1) is 18.0 Å². The van der Waals surface area contributed by atoms with Crippen LogP contribution in [0.4, 0.5) is 0 Å². The third-order valence-corrected chi connectivity index (χ3v) is 2.26. The molecule has 0 saturated heterocycles. The Balaban J connectivity index is 2.29. The van der Waals surface area contributed by atoms with E-state index in [9.17, 15) is 9.90 Å². The van der Waals surface area contributed by atoms with E-state index in [2.05, 4.69) is 15.6 Å². The lowest BCUT2D eigenvalue weighted by molar-refractivity contribution is -0.122. The first-order valence-electron chi connectivity index (χ1n) is 5.69. The number of aromatic nitrogens is 3.